The Balaban J connectivity index is 0.00000261. The van der Waals surface area contributed by atoms with E-state index in [1.54, 1.807) is 0 Å². The van der Waals surface area contributed by atoms with Gasteiger partial charge < -0.3 is 15.5 Å². The van der Waals surface area contributed by atoms with Gasteiger partial charge in [-0.2, -0.15) is 0 Å². The lowest BCUT2D eigenvalue weighted by molar-refractivity contribution is 0.203. The van der Waals surface area contributed by atoms with E-state index in [9.17, 15) is 0 Å². The topological polar surface area (TPSA) is 39.7 Å². The summed E-state index contributed by atoms with van der Waals surface area (Å²) in [4.78, 5) is 7.51. The number of halogens is 1. The van der Waals surface area contributed by atoms with Crippen LogP contribution in [0.1, 0.15) is 57.4 Å². The van der Waals surface area contributed by atoms with Crippen LogP contribution in [0.25, 0.3) is 0 Å². The van der Waals surface area contributed by atoms with Gasteiger partial charge >= 0.3 is 0 Å². The van der Waals surface area contributed by atoms with Crippen LogP contribution in [0.4, 0.5) is 0 Å². The lowest BCUT2D eigenvalue weighted by Crippen LogP contribution is -2.48. The van der Waals surface area contributed by atoms with Crippen molar-refractivity contribution in [3.63, 3.8) is 0 Å². The molecule has 152 valence electrons. The molecule has 1 saturated carbocycles. The third kappa shape index (κ3) is 7.26. The van der Waals surface area contributed by atoms with Crippen LogP contribution < -0.4 is 10.6 Å². The number of guanidine groups is 1. The SMILES string of the molecule is CCCCN1CCC(NC(=NCC2CC2c2ccccc2)NCC)CC1.I. The second kappa shape index (κ2) is 11.9. The molecule has 0 amide bonds. The lowest BCUT2D eigenvalue weighted by atomic mass is 10.0. The molecule has 2 atom stereocenters. The second-order valence-corrected chi connectivity index (χ2v) is 7.85. The average Bonchev–Trinajstić information content (AvgIpc) is 3.46. The van der Waals surface area contributed by atoms with Crippen LogP contribution >= 0.6 is 24.0 Å². The molecule has 0 spiro atoms. The van der Waals surface area contributed by atoms with Crippen LogP contribution in [-0.2, 0) is 0 Å². The number of aliphatic imine (C=N–C) groups is 1. The number of unbranched alkanes of at least 4 members (excludes halogenated alkanes) is 1. The zero-order valence-electron chi connectivity index (χ0n) is 17.0. The standard InChI is InChI=1S/C22H36N4.HI/c1-3-5-13-26-14-11-20(12-15-26)25-22(23-4-2)24-17-19-16-21(19)18-9-7-6-8-10-18;/h6-10,19-21H,3-5,11-17H2,1-2H3,(H2,23,24,25);1H. The van der Waals surface area contributed by atoms with Crippen molar-refractivity contribution in [3.8, 4) is 0 Å². The molecule has 5 heteroatoms. The molecule has 1 aromatic rings. The van der Waals surface area contributed by atoms with E-state index >= 15 is 0 Å². The van der Waals surface area contributed by atoms with Crippen LogP contribution in [-0.4, -0.2) is 49.6 Å². The number of nitrogens with zero attached hydrogens (tertiary/aromatic N) is 2. The highest BCUT2D eigenvalue weighted by molar-refractivity contribution is 14.0. The number of likely N-dealkylation sites (tertiary alicyclic amines) is 1. The van der Waals surface area contributed by atoms with Crippen LogP contribution in [0.15, 0.2) is 35.3 Å². The predicted octanol–water partition coefficient (Wildman–Crippen LogP) is 4.23. The summed E-state index contributed by atoms with van der Waals surface area (Å²) in [5.41, 5.74) is 1.48. The molecule has 2 unspecified atom stereocenters. The molecule has 2 N–H and O–H groups in total. The lowest BCUT2D eigenvalue weighted by Gasteiger charge is -2.33. The fourth-order valence-corrected chi connectivity index (χ4v) is 3.96. The fraction of sp³-hybridized carbons (Fsp3) is 0.682. The maximum Gasteiger partial charge on any atom is 0.191 e. The van der Waals surface area contributed by atoms with Crippen LogP contribution in [0.5, 0.6) is 0 Å². The number of rotatable bonds is 8. The van der Waals surface area contributed by atoms with E-state index in [0.717, 1.165) is 19.0 Å². The number of piperidine rings is 1. The van der Waals surface area contributed by atoms with Gasteiger partial charge in [0.25, 0.3) is 0 Å². The molecule has 1 saturated heterocycles. The van der Waals surface area contributed by atoms with Crippen LogP contribution in [0.2, 0.25) is 0 Å². The predicted molar refractivity (Wildman–Crippen MR) is 126 cm³/mol. The molecule has 1 heterocycles. The molecule has 27 heavy (non-hydrogen) atoms. The first-order valence-electron chi connectivity index (χ1n) is 10.6. The van der Waals surface area contributed by atoms with Gasteiger partial charge in [0.1, 0.15) is 0 Å². The molecule has 0 aromatic heterocycles. The number of hydrogen-bond acceptors (Lipinski definition) is 2. The highest BCUT2D eigenvalue weighted by atomic mass is 127. The summed E-state index contributed by atoms with van der Waals surface area (Å²) in [5, 5.41) is 7.12. The first kappa shape index (κ1) is 22.5. The summed E-state index contributed by atoms with van der Waals surface area (Å²) in [6.07, 6.45) is 6.35. The average molecular weight is 484 g/mol. The van der Waals surface area contributed by atoms with Crippen molar-refractivity contribution >= 4 is 29.9 Å². The van der Waals surface area contributed by atoms with Gasteiger partial charge in [0.2, 0.25) is 0 Å². The zero-order valence-corrected chi connectivity index (χ0v) is 19.3. The van der Waals surface area contributed by atoms with Crippen molar-refractivity contribution in [2.24, 2.45) is 10.9 Å². The summed E-state index contributed by atoms with van der Waals surface area (Å²) in [7, 11) is 0. The summed E-state index contributed by atoms with van der Waals surface area (Å²) in [6.45, 7) is 9.98. The summed E-state index contributed by atoms with van der Waals surface area (Å²) in [6, 6.07) is 11.5. The Kier molecular flexibility index (Phi) is 9.90. The molecule has 2 aliphatic rings. The maximum atomic E-state index is 4.89. The van der Waals surface area contributed by atoms with Gasteiger partial charge in [-0.05, 0) is 56.6 Å². The van der Waals surface area contributed by atoms with Gasteiger partial charge in [0, 0.05) is 32.2 Å². The number of nitrogens with one attached hydrogen (secondary N) is 2. The highest BCUT2D eigenvalue weighted by Crippen LogP contribution is 2.47. The van der Waals surface area contributed by atoms with Gasteiger partial charge in [-0.25, -0.2) is 0 Å². The van der Waals surface area contributed by atoms with E-state index in [-0.39, 0.29) is 24.0 Å². The Morgan fingerprint density at radius 2 is 1.89 bits per heavy atom. The Bertz CT molecular complexity index is 555. The minimum absolute atomic E-state index is 0. The molecule has 4 nitrogen and oxygen atoms in total. The fourth-order valence-electron chi connectivity index (χ4n) is 3.96. The van der Waals surface area contributed by atoms with Gasteiger partial charge in [-0.1, -0.05) is 43.7 Å². The van der Waals surface area contributed by atoms with Crippen molar-refractivity contribution in [2.75, 3.05) is 32.7 Å². The van der Waals surface area contributed by atoms with E-state index in [1.807, 2.05) is 0 Å². The molecule has 3 rings (SSSR count). The molecule has 1 aliphatic carbocycles. The molecule has 1 aromatic carbocycles. The molecular weight excluding hydrogens is 447 g/mol. The van der Waals surface area contributed by atoms with Crippen molar-refractivity contribution in [3.05, 3.63) is 35.9 Å². The summed E-state index contributed by atoms with van der Waals surface area (Å²) in [5.74, 6) is 2.44. The van der Waals surface area contributed by atoms with Crippen molar-refractivity contribution < 1.29 is 0 Å². The largest absolute Gasteiger partial charge is 0.357 e. The van der Waals surface area contributed by atoms with E-state index in [0.29, 0.717) is 17.9 Å². The Hall–Kier alpha value is -0.820. The molecule has 0 bridgehead atoms. The van der Waals surface area contributed by atoms with E-state index in [4.69, 9.17) is 4.99 Å². The zero-order chi connectivity index (χ0) is 18.2. The van der Waals surface area contributed by atoms with E-state index < -0.39 is 0 Å². The molecule has 2 fully saturated rings. The quantitative estimate of drug-likeness (QED) is 0.330. The monoisotopic (exact) mass is 484 g/mol. The van der Waals surface area contributed by atoms with Crippen molar-refractivity contribution in [1.82, 2.24) is 15.5 Å². The Morgan fingerprint density at radius 3 is 2.56 bits per heavy atom. The second-order valence-electron chi connectivity index (χ2n) is 7.85. The van der Waals surface area contributed by atoms with Crippen molar-refractivity contribution in [1.29, 1.82) is 0 Å². The Labute approximate surface area is 182 Å². The van der Waals surface area contributed by atoms with Gasteiger partial charge in [0.05, 0.1) is 0 Å². The molecule has 0 radical (unpaired) electrons. The summed E-state index contributed by atoms with van der Waals surface area (Å²) < 4.78 is 0. The van der Waals surface area contributed by atoms with Gasteiger partial charge in [-0.3, -0.25) is 4.99 Å². The minimum Gasteiger partial charge on any atom is -0.357 e. The van der Waals surface area contributed by atoms with Crippen molar-refractivity contribution in [2.45, 2.75) is 57.9 Å². The van der Waals surface area contributed by atoms with Gasteiger partial charge in [0.15, 0.2) is 5.96 Å². The third-order valence-electron chi connectivity index (χ3n) is 5.73. The molecule has 1 aliphatic heterocycles. The maximum absolute atomic E-state index is 4.89. The highest BCUT2D eigenvalue weighted by Gasteiger charge is 2.37. The van der Waals surface area contributed by atoms with Crippen LogP contribution in [0.3, 0.4) is 0 Å². The number of hydrogen-bond donors (Lipinski definition) is 2. The third-order valence-corrected chi connectivity index (χ3v) is 5.73. The first-order chi connectivity index (χ1) is 12.8. The Morgan fingerprint density at radius 1 is 1.15 bits per heavy atom. The molecular formula is C22H37IN4. The summed E-state index contributed by atoms with van der Waals surface area (Å²) >= 11 is 0. The number of benzene rings is 1. The van der Waals surface area contributed by atoms with Gasteiger partial charge in [-0.15, -0.1) is 24.0 Å². The smallest absolute Gasteiger partial charge is 0.191 e. The normalized spacial score (nSPS) is 23.6. The van der Waals surface area contributed by atoms with E-state index in [1.165, 1.54) is 57.3 Å². The van der Waals surface area contributed by atoms with E-state index in [2.05, 4.69) is 59.7 Å². The minimum atomic E-state index is 0. The van der Waals surface area contributed by atoms with Crippen LogP contribution in [0, 0.1) is 5.92 Å². The first-order valence-corrected chi connectivity index (χ1v) is 10.6.